The Morgan fingerprint density at radius 2 is 1.39 bits per heavy atom. The first kappa shape index (κ1) is 21.7. The summed E-state index contributed by atoms with van der Waals surface area (Å²) in [6, 6.07) is 15.8. The van der Waals surface area contributed by atoms with Gasteiger partial charge in [-0.05, 0) is 78.3 Å². The van der Waals surface area contributed by atoms with Gasteiger partial charge in [0.05, 0.1) is 0 Å². The van der Waals surface area contributed by atoms with Crippen molar-refractivity contribution in [3.8, 4) is 22.3 Å². The molecule has 0 unspecified atom stereocenters. The first-order chi connectivity index (χ1) is 15.0. The lowest BCUT2D eigenvalue weighted by molar-refractivity contribution is 0.304. The van der Waals surface area contributed by atoms with Gasteiger partial charge in [-0.1, -0.05) is 68.3 Å². The van der Waals surface area contributed by atoms with Gasteiger partial charge < -0.3 is 0 Å². The van der Waals surface area contributed by atoms with Crippen LogP contribution in [0.25, 0.3) is 22.3 Å². The lowest BCUT2D eigenvalue weighted by atomic mass is 9.77. The molecule has 0 aliphatic heterocycles. The fourth-order valence-electron chi connectivity index (χ4n) is 4.92. The average molecular weight is 423 g/mol. The third-order valence-electron chi connectivity index (χ3n) is 6.79. The summed E-state index contributed by atoms with van der Waals surface area (Å²) in [5.74, 6) is -0.690. The van der Waals surface area contributed by atoms with E-state index in [1.54, 1.807) is 37.3 Å². The molecule has 3 heteroatoms. The second kappa shape index (κ2) is 9.30. The van der Waals surface area contributed by atoms with Gasteiger partial charge in [0.1, 0.15) is 5.82 Å². The zero-order valence-electron chi connectivity index (χ0n) is 18.2. The van der Waals surface area contributed by atoms with Crippen molar-refractivity contribution in [1.29, 1.82) is 0 Å². The molecule has 162 valence electrons. The standard InChI is InChI=1S/C28H29F3/c1-3-4-19-6-8-21(9-7-19)24-16-14-23(17-26(24)29)20-10-12-22(13-11-20)25-15-5-18(2)27(30)28(25)31/h5,10-17,19,21H,3-4,6-9H2,1-2H3. The van der Waals surface area contributed by atoms with Gasteiger partial charge in [0, 0.05) is 5.56 Å². The molecule has 0 spiro atoms. The second-order valence-corrected chi connectivity index (χ2v) is 8.88. The van der Waals surface area contributed by atoms with Crippen molar-refractivity contribution >= 4 is 0 Å². The van der Waals surface area contributed by atoms with Crippen LogP contribution in [0.4, 0.5) is 13.2 Å². The molecule has 1 saturated carbocycles. The van der Waals surface area contributed by atoms with E-state index in [0.29, 0.717) is 11.5 Å². The van der Waals surface area contributed by atoms with E-state index in [4.69, 9.17) is 0 Å². The van der Waals surface area contributed by atoms with Crippen molar-refractivity contribution < 1.29 is 13.2 Å². The van der Waals surface area contributed by atoms with Gasteiger partial charge in [-0.25, -0.2) is 13.2 Å². The molecular formula is C28H29F3. The highest BCUT2D eigenvalue weighted by atomic mass is 19.2. The van der Waals surface area contributed by atoms with Crippen molar-refractivity contribution in [2.45, 2.75) is 58.3 Å². The van der Waals surface area contributed by atoms with Crippen LogP contribution in [0.2, 0.25) is 0 Å². The number of halogens is 3. The summed E-state index contributed by atoms with van der Waals surface area (Å²) in [5, 5.41) is 0. The molecule has 4 rings (SSSR count). The molecule has 0 nitrogen and oxygen atoms in total. The summed E-state index contributed by atoms with van der Waals surface area (Å²) in [5.41, 5.74) is 3.59. The Hall–Kier alpha value is -2.55. The molecule has 0 aromatic heterocycles. The third-order valence-corrected chi connectivity index (χ3v) is 6.79. The summed E-state index contributed by atoms with van der Waals surface area (Å²) < 4.78 is 43.1. The molecule has 1 aliphatic carbocycles. The highest BCUT2D eigenvalue weighted by molar-refractivity contribution is 5.71. The van der Waals surface area contributed by atoms with E-state index < -0.39 is 11.6 Å². The summed E-state index contributed by atoms with van der Waals surface area (Å²) in [6.07, 6.45) is 7.02. The van der Waals surface area contributed by atoms with Gasteiger partial charge >= 0.3 is 0 Å². The Labute approximate surface area is 183 Å². The monoisotopic (exact) mass is 422 g/mol. The molecule has 3 aromatic rings. The summed E-state index contributed by atoms with van der Waals surface area (Å²) in [6.45, 7) is 3.77. The minimum atomic E-state index is -0.836. The van der Waals surface area contributed by atoms with Crippen molar-refractivity contribution in [2.24, 2.45) is 5.92 Å². The van der Waals surface area contributed by atoms with Crippen molar-refractivity contribution in [3.63, 3.8) is 0 Å². The van der Waals surface area contributed by atoms with Gasteiger partial charge in [0.15, 0.2) is 11.6 Å². The molecule has 0 amide bonds. The molecular weight excluding hydrogens is 393 g/mol. The van der Waals surface area contributed by atoms with Crippen LogP contribution in [-0.4, -0.2) is 0 Å². The normalized spacial score (nSPS) is 18.9. The van der Waals surface area contributed by atoms with Gasteiger partial charge in [0.25, 0.3) is 0 Å². The molecule has 0 N–H and O–H groups in total. The average Bonchev–Trinajstić information content (AvgIpc) is 2.79. The van der Waals surface area contributed by atoms with Crippen molar-refractivity contribution in [2.75, 3.05) is 0 Å². The maximum atomic E-state index is 15.0. The highest BCUT2D eigenvalue weighted by Crippen LogP contribution is 2.39. The zero-order valence-corrected chi connectivity index (χ0v) is 18.2. The van der Waals surface area contributed by atoms with Crippen LogP contribution in [0.3, 0.4) is 0 Å². The van der Waals surface area contributed by atoms with Crippen LogP contribution in [0.1, 0.15) is 62.5 Å². The topological polar surface area (TPSA) is 0 Å². The summed E-state index contributed by atoms with van der Waals surface area (Å²) >= 11 is 0. The van der Waals surface area contributed by atoms with E-state index in [1.807, 2.05) is 24.3 Å². The number of hydrogen-bond acceptors (Lipinski definition) is 0. The van der Waals surface area contributed by atoms with Crippen LogP contribution < -0.4 is 0 Å². The van der Waals surface area contributed by atoms with Crippen LogP contribution in [0.5, 0.6) is 0 Å². The Kier molecular flexibility index (Phi) is 6.50. The SMILES string of the molecule is CCCC1CCC(c2ccc(-c3ccc(-c4ccc(C)c(F)c4F)cc3)cc2F)CC1. The van der Waals surface area contributed by atoms with E-state index in [2.05, 4.69) is 6.92 Å². The Morgan fingerprint density at radius 1 is 0.742 bits per heavy atom. The van der Waals surface area contributed by atoms with Gasteiger partial charge in [-0.15, -0.1) is 0 Å². The predicted octanol–water partition coefficient (Wildman–Crippen LogP) is 8.82. The smallest absolute Gasteiger partial charge is 0.166 e. The van der Waals surface area contributed by atoms with Gasteiger partial charge in [-0.3, -0.25) is 0 Å². The number of rotatable bonds is 5. The van der Waals surface area contributed by atoms with Crippen LogP contribution in [0, 0.1) is 30.3 Å². The fourth-order valence-corrected chi connectivity index (χ4v) is 4.92. The molecule has 0 radical (unpaired) electrons. The summed E-state index contributed by atoms with van der Waals surface area (Å²) in [7, 11) is 0. The second-order valence-electron chi connectivity index (χ2n) is 8.88. The third kappa shape index (κ3) is 4.56. The van der Waals surface area contributed by atoms with Gasteiger partial charge in [-0.2, -0.15) is 0 Å². The molecule has 0 heterocycles. The lowest BCUT2D eigenvalue weighted by Crippen LogP contribution is -2.14. The minimum absolute atomic E-state index is 0.146. The van der Waals surface area contributed by atoms with E-state index in [1.165, 1.54) is 25.7 Å². The Bertz CT molecular complexity index is 1040. The zero-order chi connectivity index (χ0) is 22.0. The van der Waals surface area contributed by atoms with E-state index in [-0.39, 0.29) is 16.9 Å². The van der Waals surface area contributed by atoms with E-state index in [0.717, 1.165) is 35.4 Å². The first-order valence-electron chi connectivity index (χ1n) is 11.3. The minimum Gasteiger partial charge on any atom is -0.207 e. The van der Waals surface area contributed by atoms with Gasteiger partial charge in [0.2, 0.25) is 0 Å². The summed E-state index contributed by atoms with van der Waals surface area (Å²) in [4.78, 5) is 0. The number of benzene rings is 3. The predicted molar refractivity (Wildman–Crippen MR) is 122 cm³/mol. The molecule has 1 aliphatic rings. The first-order valence-corrected chi connectivity index (χ1v) is 11.3. The molecule has 0 saturated heterocycles. The largest absolute Gasteiger partial charge is 0.207 e. The fraction of sp³-hybridized carbons (Fsp3) is 0.357. The van der Waals surface area contributed by atoms with Crippen molar-refractivity contribution in [3.05, 3.63) is 83.2 Å². The maximum absolute atomic E-state index is 15.0. The number of aryl methyl sites for hydroxylation is 1. The molecule has 31 heavy (non-hydrogen) atoms. The molecule has 1 fully saturated rings. The van der Waals surface area contributed by atoms with Crippen LogP contribution in [-0.2, 0) is 0 Å². The van der Waals surface area contributed by atoms with E-state index >= 15 is 0 Å². The number of hydrogen-bond donors (Lipinski definition) is 0. The Balaban J connectivity index is 1.52. The molecule has 0 atom stereocenters. The van der Waals surface area contributed by atoms with Crippen LogP contribution in [0.15, 0.2) is 54.6 Å². The maximum Gasteiger partial charge on any atom is 0.166 e. The van der Waals surface area contributed by atoms with E-state index in [9.17, 15) is 13.2 Å². The van der Waals surface area contributed by atoms with Crippen molar-refractivity contribution in [1.82, 2.24) is 0 Å². The Morgan fingerprint density at radius 3 is 2.03 bits per heavy atom. The molecule has 0 bridgehead atoms. The molecule has 3 aromatic carbocycles. The quantitative estimate of drug-likeness (QED) is 0.385. The lowest BCUT2D eigenvalue weighted by Gasteiger charge is -2.29. The van der Waals surface area contributed by atoms with Crippen LogP contribution >= 0.6 is 0 Å². The highest BCUT2D eigenvalue weighted by Gasteiger charge is 2.24.